The quantitative estimate of drug-likeness (QED) is 0.300. The maximum atomic E-state index is 7.08. The van der Waals surface area contributed by atoms with Crippen molar-refractivity contribution in [3.63, 3.8) is 0 Å². The van der Waals surface area contributed by atoms with Gasteiger partial charge in [-0.25, -0.2) is 0 Å². The summed E-state index contributed by atoms with van der Waals surface area (Å²) in [6.45, 7) is 14.0. The number of aryl methyl sites for hydroxylation is 3. The molecule has 0 saturated heterocycles. The highest BCUT2D eigenvalue weighted by molar-refractivity contribution is 8.00. The van der Waals surface area contributed by atoms with E-state index in [-0.39, 0.29) is 16.1 Å². The normalized spacial score (nSPS) is 13.8. The van der Waals surface area contributed by atoms with Gasteiger partial charge in [0.15, 0.2) is 0 Å². The van der Waals surface area contributed by atoms with Crippen molar-refractivity contribution in [2.45, 2.75) is 57.6 Å². The van der Waals surface area contributed by atoms with Crippen molar-refractivity contribution in [2.24, 2.45) is 0 Å². The fourth-order valence-corrected chi connectivity index (χ4v) is 7.71. The molecule has 0 bridgehead atoms. The fraction of sp³-hybridized carbons (Fsp3) is 0.379. The first kappa shape index (κ1) is 26.0. The van der Waals surface area contributed by atoms with Crippen LogP contribution in [0, 0.1) is 20.8 Å². The highest BCUT2D eigenvalue weighted by Gasteiger charge is 2.34. The van der Waals surface area contributed by atoms with E-state index in [1.165, 1.54) is 32.9 Å². The highest BCUT2D eigenvalue weighted by Crippen LogP contribution is 2.48. The van der Waals surface area contributed by atoms with Crippen molar-refractivity contribution >= 4 is 30.5 Å². The van der Waals surface area contributed by atoms with Gasteiger partial charge >= 0.3 is 0 Å². The number of hydrogen-bond donors (Lipinski definition) is 0. The van der Waals surface area contributed by atoms with E-state index in [1.807, 2.05) is 11.8 Å². The molecule has 4 heteroatoms. The first-order chi connectivity index (χ1) is 15.7. The maximum Gasteiger partial charge on any atom is 0.102 e. The molecule has 2 atom stereocenters. The summed E-state index contributed by atoms with van der Waals surface area (Å²) in [4.78, 5) is 0. The minimum Gasteiger partial charge on any atom is -0.382 e. The molecule has 0 aliphatic heterocycles. The Morgan fingerprint density at radius 2 is 1.30 bits per heavy atom. The zero-order chi connectivity index (χ0) is 24.0. The van der Waals surface area contributed by atoms with Crippen molar-refractivity contribution in [1.82, 2.24) is 0 Å². The van der Waals surface area contributed by atoms with Crippen LogP contribution in [-0.4, -0.2) is 24.6 Å². The van der Waals surface area contributed by atoms with Crippen LogP contribution in [0.2, 0.25) is 0 Å². The van der Waals surface area contributed by atoms with Gasteiger partial charge in [-0.15, -0.1) is 11.8 Å². The van der Waals surface area contributed by atoms with E-state index in [1.54, 1.807) is 7.11 Å². The standard InChI is InChI=1S/C29H37O2PS/c1-21-18-22(2)27(23(3)19-21)28(33-29(4,5)6)26(20-30-7)31-32(24-14-10-8-11-15-24)25-16-12-9-13-17-25/h8-19,26,28H,20H2,1-7H3/t26-,28-/m0/s1. The molecule has 3 rings (SSSR count). The molecule has 0 spiro atoms. The van der Waals surface area contributed by atoms with Gasteiger partial charge in [0.05, 0.1) is 20.0 Å². The van der Waals surface area contributed by atoms with E-state index >= 15 is 0 Å². The summed E-state index contributed by atoms with van der Waals surface area (Å²) in [6, 6.07) is 25.8. The van der Waals surface area contributed by atoms with Gasteiger partial charge < -0.3 is 9.26 Å². The Hall–Kier alpha value is -1.64. The van der Waals surface area contributed by atoms with Crippen molar-refractivity contribution < 1.29 is 9.26 Å². The number of thioether (sulfide) groups is 1. The smallest absolute Gasteiger partial charge is 0.102 e. The Morgan fingerprint density at radius 1 is 0.818 bits per heavy atom. The van der Waals surface area contributed by atoms with E-state index in [0.717, 1.165) is 0 Å². The molecule has 2 nitrogen and oxygen atoms in total. The summed E-state index contributed by atoms with van der Waals surface area (Å²) in [6.07, 6.45) is -0.0918. The van der Waals surface area contributed by atoms with Crippen LogP contribution in [0.25, 0.3) is 0 Å². The third kappa shape index (κ3) is 7.17. The monoisotopic (exact) mass is 480 g/mol. The molecule has 0 saturated carbocycles. The SMILES string of the molecule is COC[C@H](OP(c1ccccc1)c1ccccc1)[C@H](SC(C)(C)C)c1c(C)cc(C)cc1C. The average Bonchev–Trinajstić information content (AvgIpc) is 2.75. The van der Waals surface area contributed by atoms with Crippen LogP contribution in [0.5, 0.6) is 0 Å². The molecule has 0 unspecified atom stereocenters. The number of rotatable bonds is 9. The molecule has 0 fully saturated rings. The highest BCUT2D eigenvalue weighted by atomic mass is 32.2. The third-order valence-electron chi connectivity index (χ3n) is 5.39. The second kappa shape index (κ2) is 11.7. The summed E-state index contributed by atoms with van der Waals surface area (Å²) >= 11 is 1.97. The first-order valence-corrected chi connectivity index (χ1v) is 13.6. The molecule has 0 N–H and O–H groups in total. The number of hydrogen-bond acceptors (Lipinski definition) is 3. The predicted octanol–water partition coefficient (Wildman–Crippen LogP) is 7.26. The molecular weight excluding hydrogens is 443 g/mol. The third-order valence-corrected chi connectivity index (χ3v) is 8.91. The topological polar surface area (TPSA) is 18.5 Å². The Kier molecular flexibility index (Phi) is 9.18. The van der Waals surface area contributed by atoms with Crippen LogP contribution in [0.3, 0.4) is 0 Å². The maximum absolute atomic E-state index is 7.08. The van der Waals surface area contributed by atoms with Crippen molar-refractivity contribution in [3.8, 4) is 0 Å². The number of ether oxygens (including phenoxy) is 1. The lowest BCUT2D eigenvalue weighted by molar-refractivity contribution is 0.0893. The Labute approximate surface area is 205 Å². The van der Waals surface area contributed by atoms with E-state index in [4.69, 9.17) is 9.26 Å². The van der Waals surface area contributed by atoms with Gasteiger partial charge in [0.2, 0.25) is 0 Å². The van der Waals surface area contributed by atoms with Crippen molar-refractivity contribution in [1.29, 1.82) is 0 Å². The molecule has 0 aliphatic rings. The van der Waals surface area contributed by atoms with E-state index in [9.17, 15) is 0 Å². The largest absolute Gasteiger partial charge is 0.382 e. The first-order valence-electron chi connectivity index (χ1n) is 11.5. The van der Waals surface area contributed by atoms with Gasteiger partial charge in [-0.3, -0.25) is 0 Å². The molecule has 3 aromatic rings. The molecule has 0 aliphatic carbocycles. The summed E-state index contributed by atoms with van der Waals surface area (Å²) in [5.41, 5.74) is 5.32. The fourth-order valence-electron chi connectivity index (χ4n) is 4.21. The summed E-state index contributed by atoms with van der Waals surface area (Å²) in [5.74, 6) is 0. The van der Waals surface area contributed by atoms with Crippen LogP contribution in [-0.2, 0) is 9.26 Å². The lowest BCUT2D eigenvalue weighted by Gasteiger charge is -2.36. The van der Waals surface area contributed by atoms with Crippen molar-refractivity contribution in [3.05, 3.63) is 95.1 Å². The predicted molar refractivity (Wildman–Crippen MR) is 147 cm³/mol. The van der Waals surface area contributed by atoms with Crippen LogP contribution < -0.4 is 10.6 Å². The van der Waals surface area contributed by atoms with Gasteiger partial charge in [0, 0.05) is 22.5 Å². The van der Waals surface area contributed by atoms with Gasteiger partial charge in [-0.1, -0.05) is 99.1 Å². The van der Waals surface area contributed by atoms with Crippen LogP contribution in [0.1, 0.15) is 48.3 Å². The lowest BCUT2D eigenvalue weighted by Crippen LogP contribution is -2.30. The lowest BCUT2D eigenvalue weighted by atomic mass is 9.95. The number of methoxy groups -OCH3 is 1. The average molecular weight is 481 g/mol. The summed E-state index contributed by atoms with van der Waals surface area (Å²) in [7, 11) is 0.790. The summed E-state index contributed by atoms with van der Waals surface area (Å²) in [5, 5.41) is 2.59. The zero-order valence-electron chi connectivity index (χ0n) is 21.0. The minimum absolute atomic E-state index is 0.0754. The Balaban J connectivity index is 2.09. The van der Waals surface area contributed by atoms with Crippen molar-refractivity contribution in [2.75, 3.05) is 13.7 Å². The molecule has 33 heavy (non-hydrogen) atoms. The van der Waals surface area contributed by atoms with E-state index < -0.39 is 8.15 Å². The minimum atomic E-state index is -0.985. The second-order valence-corrected chi connectivity index (χ2v) is 13.3. The van der Waals surface area contributed by atoms with Gasteiger partial charge in [0.1, 0.15) is 6.10 Å². The van der Waals surface area contributed by atoms with Crippen LogP contribution in [0.4, 0.5) is 0 Å². The zero-order valence-corrected chi connectivity index (χ0v) is 22.7. The van der Waals surface area contributed by atoms with E-state index in [0.29, 0.717) is 6.61 Å². The Morgan fingerprint density at radius 3 is 1.73 bits per heavy atom. The molecule has 176 valence electrons. The van der Waals surface area contributed by atoms with Crippen LogP contribution in [0.15, 0.2) is 72.8 Å². The summed E-state index contributed by atoms with van der Waals surface area (Å²) < 4.78 is 12.9. The van der Waals surface area contributed by atoms with Gasteiger partial charge in [-0.05, 0) is 37.5 Å². The molecule has 0 aromatic heterocycles. The van der Waals surface area contributed by atoms with Gasteiger partial charge in [-0.2, -0.15) is 0 Å². The molecule has 0 radical (unpaired) electrons. The van der Waals surface area contributed by atoms with Gasteiger partial charge in [0.25, 0.3) is 0 Å². The second-order valence-electron chi connectivity index (χ2n) is 9.53. The number of benzene rings is 3. The van der Waals surface area contributed by atoms with E-state index in [2.05, 4.69) is 114 Å². The van der Waals surface area contributed by atoms with Crippen LogP contribution >= 0.6 is 19.9 Å². The molecule has 0 heterocycles. The Bertz CT molecular complexity index is 952. The molecule has 3 aromatic carbocycles. The molecular formula is C29H37O2PS. The molecule has 0 amide bonds.